The zero-order valence-corrected chi connectivity index (χ0v) is 18.4. The molecule has 3 nitrogen and oxygen atoms in total. The zero-order chi connectivity index (χ0) is 22.1. The number of phenols is 1. The van der Waals surface area contributed by atoms with E-state index in [-0.39, 0.29) is 6.61 Å². The molecule has 0 fully saturated rings. The van der Waals surface area contributed by atoms with Crippen LogP contribution < -0.4 is 0 Å². The van der Waals surface area contributed by atoms with Crippen molar-refractivity contribution in [1.82, 2.24) is 0 Å². The predicted molar refractivity (Wildman–Crippen MR) is 126 cm³/mol. The Morgan fingerprint density at radius 3 is 2.27 bits per heavy atom. The third-order valence-corrected chi connectivity index (χ3v) is 5.32. The summed E-state index contributed by atoms with van der Waals surface area (Å²) in [4.78, 5) is 0. The third-order valence-electron chi connectivity index (χ3n) is 5.32. The molecule has 30 heavy (non-hydrogen) atoms. The number of hydrogen-bond acceptors (Lipinski definition) is 3. The summed E-state index contributed by atoms with van der Waals surface area (Å²) in [5, 5.41) is 30.3. The van der Waals surface area contributed by atoms with Gasteiger partial charge in [0.05, 0.1) is 12.7 Å². The fourth-order valence-electron chi connectivity index (χ4n) is 3.73. The average Bonchev–Trinajstić information content (AvgIpc) is 2.73. The van der Waals surface area contributed by atoms with Crippen molar-refractivity contribution in [3.8, 4) is 5.75 Å². The molecule has 1 unspecified atom stereocenters. The van der Waals surface area contributed by atoms with E-state index < -0.39 is 6.10 Å². The molecular formula is C27H34O3. The fraction of sp³-hybridized carbons (Fsp3) is 0.333. The first-order valence-electron chi connectivity index (χ1n) is 10.6. The molecule has 160 valence electrons. The van der Waals surface area contributed by atoms with Crippen molar-refractivity contribution >= 4 is 11.6 Å². The smallest absolute Gasteiger partial charge is 0.121 e. The van der Waals surface area contributed by atoms with E-state index in [1.54, 1.807) is 6.08 Å². The Balaban J connectivity index is 2.31. The lowest BCUT2D eigenvalue weighted by atomic mass is 9.91. The van der Waals surface area contributed by atoms with Gasteiger partial charge >= 0.3 is 0 Å². The highest BCUT2D eigenvalue weighted by Crippen LogP contribution is 2.30. The number of allylic oxidation sites excluding steroid dienone is 1. The minimum atomic E-state index is -0.674. The van der Waals surface area contributed by atoms with Gasteiger partial charge in [0.15, 0.2) is 0 Å². The summed E-state index contributed by atoms with van der Waals surface area (Å²) in [5.41, 5.74) is 6.56. The summed E-state index contributed by atoms with van der Waals surface area (Å²) in [6.45, 7) is 9.85. The minimum absolute atomic E-state index is 0.109. The van der Waals surface area contributed by atoms with E-state index >= 15 is 0 Å². The monoisotopic (exact) mass is 406 g/mol. The van der Waals surface area contributed by atoms with Crippen molar-refractivity contribution < 1.29 is 15.3 Å². The highest BCUT2D eigenvalue weighted by molar-refractivity contribution is 5.82. The maximum absolute atomic E-state index is 10.8. The first kappa shape index (κ1) is 23.7. The molecule has 2 rings (SSSR count). The molecule has 3 N–H and O–H groups in total. The maximum Gasteiger partial charge on any atom is 0.121 e. The second kappa shape index (κ2) is 11.5. The summed E-state index contributed by atoms with van der Waals surface area (Å²) in [7, 11) is 0. The highest BCUT2D eigenvalue weighted by Gasteiger charge is 2.15. The van der Waals surface area contributed by atoms with Crippen LogP contribution in [-0.4, -0.2) is 28.0 Å². The standard InChI is InChI=1S/C27H34O3/c1-5-9-19(2)25(14-15-28)26(29)13-12-24(23-10-7-6-8-11-23)18-22-16-20(3)27(30)21(4)17-22/h6-8,10-11,14,16-18,26,28-30H,2,5,9,12-13,15H2,1,3-4H3/b24-18-,25-14-. The van der Waals surface area contributed by atoms with E-state index in [2.05, 4.69) is 31.7 Å². The Hall–Kier alpha value is -2.62. The van der Waals surface area contributed by atoms with Crippen LogP contribution in [0.15, 0.2) is 66.3 Å². The summed E-state index contributed by atoms with van der Waals surface area (Å²) >= 11 is 0. The third kappa shape index (κ3) is 6.45. The first-order chi connectivity index (χ1) is 14.4. The molecule has 0 aliphatic carbocycles. The van der Waals surface area contributed by atoms with Crippen LogP contribution in [0, 0.1) is 13.8 Å². The molecule has 2 aromatic rings. The molecule has 0 radical (unpaired) electrons. The van der Waals surface area contributed by atoms with Gasteiger partial charge in [0.1, 0.15) is 5.75 Å². The number of benzene rings is 2. The lowest BCUT2D eigenvalue weighted by Gasteiger charge is -2.18. The molecule has 0 aliphatic rings. The number of aromatic hydroxyl groups is 1. The zero-order valence-electron chi connectivity index (χ0n) is 18.4. The van der Waals surface area contributed by atoms with Gasteiger partial charge in [-0.05, 0) is 84.2 Å². The van der Waals surface area contributed by atoms with Gasteiger partial charge in [-0.25, -0.2) is 0 Å². The van der Waals surface area contributed by atoms with Crippen molar-refractivity contribution in [3.63, 3.8) is 0 Å². The van der Waals surface area contributed by atoms with Crippen LogP contribution in [0.5, 0.6) is 5.75 Å². The molecule has 0 saturated heterocycles. The molecule has 0 aliphatic heterocycles. The number of hydrogen-bond donors (Lipinski definition) is 3. The van der Waals surface area contributed by atoms with E-state index in [4.69, 9.17) is 0 Å². The van der Waals surface area contributed by atoms with Gasteiger partial charge in [-0.1, -0.05) is 62.4 Å². The lowest BCUT2D eigenvalue weighted by Crippen LogP contribution is -2.13. The number of rotatable bonds is 10. The van der Waals surface area contributed by atoms with Crippen molar-refractivity contribution in [2.45, 2.75) is 52.6 Å². The highest BCUT2D eigenvalue weighted by atomic mass is 16.3. The Bertz CT molecular complexity index is 884. The van der Waals surface area contributed by atoms with Gasteiger partial charge in [-0.3, -0.25) is 0 Å². The number of phenolic OH excluding ortho intramolecular Hbond substituents is 1. The van der Waals surface area contributed by atoms with Crippen LogP contribution in [0.3, 0.4) is 0 Å². The Labute approximate surface area is 180 Å². The van der Waals surface area contributed by atoms with E-state index in [0.717, 1.165) is 51.8 Å². The quantitative estimate of drug-likeness (QED) is 0.337. The van der Waals surface area contributed by atoms with Gasteiger partial charge < -0.3 is 15.3 Å². The fourth-order valence-corrected chi connectivity index (χ4v) is 3.73. The van der Waals surface area contributed by atoms with Crippen molar-refractivity contribution in [1.29, 1.82) is 0 Å². The first-order valence-corrected chi connectivity index (χ1v) is 10.6. The lowest BCUT2D eigenvalue weighted by molar-refractivity contribution is 0.202. The Morgan fingerprint density at radius 2 is 1.70 bits per heavy atom. The number of aliphatic hydroxyl groups excluding tert-OH is 2. The minimum Gasteiger partial charge on any atom is -0.507 e. The van der Waals surface area contributed by atoms with Crippen LogP contribution in [0.4, 0.5) is 0 Å². The topological polar surface area (TPSA) is 60.7 Å². The average molecular weight is 407 g/mol. The van der Waals surface area contributed by atoms with Crippen molar-refractivity contribution in [3.05, 3.63) is 88.5 Å². The van der Waals surface area contributed by atoms with E-state index in [9.17, 15) is 15.3 Å². The molecule has 0 spiro atoms. The molecule has 0 heterocycles. The summed E-state index contributed by atoms with van der Waals surface area (Å²) < 4.78 is 0. The molecule has 3 heteroatoms. The van der Waals surface area contributed by atoms with Crippen LogP contribution >= 0.6 is 0 Å². The molecule has 0 saturated carbocycles. The molecule has 0 amide bonds. The van der Waals surface area contributed by atoms with E-state index in [1.165, 1.54) is 0 Å². The van der Waals surface area contributed by atoms with E-state index in [0.29, 0.717) is 18.6 Å². The molecular weight excluding hydrogens is 372 g/mol. The maximum atomic E-state index is 10.8. The SMILES string of the molecule is C=C(CCC)/C(=C/CO)C(O)CC/C(=C/c1cc(C)c(O)c(C)c1)c1ccccc1. The van der Waals surface area contributed by atoms with Gasteiger partial charge in [0.25, 0.3) is 0 Å². The number of aliphatic hydroxyl groups is 2. The second-order valence-electron chi connectivity index (χ2n) is 7.79. The largest absolute Gasteiger partial charge is 0.507 e. The molecule has 1 atom stereocenters. The Morgan fingerprint density at radius 1 is 1.07 bits per heavy atom. The van der Waals surface area contributed by atoms with Gasteiger partial charge in [-0.15, -0.1) is 0 Å². The van der Waals surface area contributed by atoms with Crippen molar-refractivity contribution in [2.75, 3.05) is 6.61 Å². The molecule has 0 bridgehead atoms. The molecule has 0 aromatic heterocycles. The van der Waals surface area contributed by atoms with E-state index in [1.807, 2.05) is 44.2 Å². The van der Waals surface area contributed by atoms with Crippen LogP contribution in [0.2, 0.25) is 0 Å². The van der Waals surface area contributed by atoms with Gasteiger partial charge in [-0.2, -0.15) is 0 Å². The summed E-state index contributed by atoms with van der Waals surface area (Å²) in [6, 6.07) is 14.1. The summed E-state index contributed by atoms with van der Waals surface area (Å²) in [6.07, 6.45) is 6.07. The second-order valence-corrected chi connectivity index (χ2v) is 7.79. The predicted octanol–water partition coefficient (Wildman–Crippen LogP) is 5.97. The summed E-state index contributed by atoms with van der Waals surface area (Å²) in [5.74, 6) is 0.331. The van der Waals surface area contributed by atoms with Gasteiger partial charge in [0, 0.05) is 0 Å². The normalized spacial score (nSPS) is 13.4. The Kier molecular flexibility index (Phi) is 9.10. The van der Waals surface area contributed by atoms with Crippen LogP contribution in [0.1, 0.15) is 54.9 Å². The number of aryl methyl sites for hydroxylation is 2. The van der Waals surface area contributed by atoms with Gasteiger partial charge in [0.2, 0.25) is 0 Å². The van der Waals surface area contributed by atoms with Crippen LogP contribution in [-0.2, 0) is 0 Å². The molecule has 2 aromatic carbocycles. The van der Waals surface area contributed by atoms with Crippen molar-refractivity contribution in [2.24, 2.45) is 0 Å². The van der Waals surface area contributed by atoms with Crippen LogP contribution in [0.25, 0.3) is 11.6 Å².